The van der Waals surface area contributed by atoms with Gasteiger partial charge in [-0.3, -0.25) is 42.6 Å². The third-order valence-electron chi connectivity index (χ3n) is 10.2. The molecule has 8 atom stereocenters. The average molecular weight is 979 g/mol. The molecule has 1 aromatic rings. The van der Waals surface area contributed by atoms with Gasteiger partial charge in [0.25, 0.3) is 0 Å². The first-order valence-corrected chi connectivity index (χ1v) is 24.3. The van der Waals surface area contributed by atoms with Crippen molar-refractivity contribution in [3.8, 4) is 0 Å². The van der Waals surface area contributed by atoms with Gasteiger partial charge in [-0.1, -0.05) is 40.0 Å². The van der Waals surface area contributed by atoms with E-state index in [2.05, 4.69) is 49.2 Å². The van der Waals surface area contributed by atoms with Crippen LogP contribution in [-0.4, -0.2) is 167 Å². The number of thiol groups is 1. The number of phosphoric acid groups is 1. The molecule has 1 saturated heterocycles. The summed E-state index contributed by atoms with van der Waals surface area (Å²) in [6, 6.07) is -7.57. The van der Waals surface area contributed by atoms with E-state index in [-0.39, 0.29) is 82.3 Å². The maximum absolute atomic E-state index is 13.9. The zero-order valence-electron chi connectivity index (χ0n) is 38.2. The van der Waals surface area contributed by atoms with Crippen LogP contribution in [0.5, 0.6) is 0 Å². The molecule has 12 N–H and O–H groups in total. The van der Waals surface area contributed by atoms with E-state index < -0.39 is 86.3 Å². The SMILES string of the molecule is CCCCCCOP(=O)(O)O[C@H](C)[C@H](NC(=O)[C@H](CO)NC(=O)[C@H](Cc1cnc[nH]1)NC(=O)[C@H](CC(C)C)NC(=O)[C@@H]1CCCN1C(=O)CCOCCOCCNC(=O)[C@@H](N)CS)C(N)=O. The summed E-state index contributed by atoms with van der Waals surface area (Å²) in [7, 11) is -4.69. The number of ether oxygens (including phenoxy) is 2. The number of aliphatic hydroxyl groups is 1. The van der Waals surface area contributed by atoms with E-state index in [0.29, 0.717) is 31.5 Å². The minimum atomic E-state index is -4.69. The van der Waals surface area contributed by atoms with E-state index in [1.54, 1.807) is 0 Å². The van der Waals surface area contributed by atoms with Crippen LogP contribution in [0.2, 0.25) is 0 Å². The summed E-state index contributed by atoms with van der Waals surface area (Å²) in [4.78, 5) is 110. The second-order valence-corrected chi connectivity index (χ2v) is 17.9. The van der Waals surface area contributed by atoms with E-state index in [1.807, 2.05) is 20.8 Å². The molecule has 24 nitrogen and oxygen atoms in total. The van der Waals surface area contributed by atoms with Crippen molar-refractivity contribution in [1.82, 2.24) is 41.5 Å². The molecule has 2 rings (SSSR count). The lowest BCUT2D eigenvalue weighted by Crippen LogP contribution is -2.61. The number of aromatic amines is 1. The van der Waals surface area contributed by atoms with E-state index >= 15 is 0 Å². The summed E-state index contributed by atoms with van der Waals surface area (Å²) in [5, 5.41) is 22.7. The van der Waals surface area contributed by atoms with Gasteiger partial charge in [0.2, 0.25) is 41.4 Å². The van der Waals surface area contributed by atoms with Crippen molar-refractivity contribution in [2.75, 3.05) is 58.5 Å². The number of H-pyrrole nitrogens is 1. The number of carbonyl (C=O) groups is 7. The Kier molecular flexibility index (Phi) is 27.2. The first-order valence-electron chi connectivity index (χ1n) is 22.2. The number of nitrogens with two attached hydrogens (primary N) is 2. The molecule has 1 aliphatic heterocycles. The third kappa shape index (κ3) is 21.6. The van der Waals surface area contributed by atoms with Crippen LogP contribution in [0.15, 0.2) is 12.5 Å². The lowest BCUT2D eigenvalue weighted by molar-refractivity contribution is -0.140. The number of carbonyl (C=O) groups excluding carboxylic acids is 7. The van der Waals surface area contributed by atoms with Gasteiger partial charge in [-0.25, -0.2) is 9.55 Å². The number of hydrogen-bond acceptors (Lipinski definition) is 16. The monoisotopic (exact) mass is 978 g/mol. The van der Waals surface area contributed by atoms with Crippen molar-refractivity contribution in [2.45, 2.75) is 128 Å². The topological polar surface area (TPSA) is 358 Å². The van der Waals surface area contributed by atoms with Gasteiger partial charge in [-0.2, -0.15) is 12.6 Å². The fourth-order valence-corrected chi connectivity index (χ4v) is 7.77. The highest BCUT2D eigenvalue weighted by Gasteiger charge is 2.38. The van der Waals surface area contributed by atoms with Gasteiger partial charge in [0.15, 0.2) is 0 Å². The molecular weight excluding hydrogens is 908 g/mol. The van der Waals surface area contributed by atoms with Gasteiger partial charge in [0.05, 0.1) is 64.5 Å². The van der Waals surface area contributed by atoms with Crippen molar-refractivity contribution < 1.29 is 66.6 Å². The molecule has 1 fully saturated rings. The summed E-state index contributed by atoms with van der Waals surface area (Å²) >= 11 is 3.98. The number of likely N-dealkylation sites (tertiary alicyclic amines) is 1. The molecule has 1 unspecified atom stereocenters. The fourth-order valence-electron chi connectivity index (χ4n) is 6.64. The molecule has 0 radical (unpaired) electrons. The number of nitrogens with one attached hydrogen (secondary N) is 6. The second kappa shape index (κ2) is 31.0. The van der Waals surface area contributed by atoms with Crippen LogP contribution in [0.4, 0.5) is 0 Å². The van der Waals surface area contributed by atoms with Gasteiger partial charge < -0.3 is 67.4 Å². The third-order valence-corrected chi connectivity index (χ3v) is 11.7. The lowest BCUT2D eigenvalue weighted by Gasteiger charge is -2.29. The van der Waals surface area contributed by atoms with E-state index in [9.17, 15) is 48.1 Å². The molecule has 1 aliphatic rings. The zero-order valence-corrected chi connectivity index (χ0v) is 40.0. The van der Waals surface area contributed by atoms with E-state index in [4.69, 9.17) is 30.0 Å². The van der Waals surface area contributed by atoms with E-state index in [1.165, 1.54) is 24.3 Å². The van der Waals surface area contributed by atoms with Crippen LogP contribution in [0.25, 0.3) is 0 Å². The Hall–Kier alpha value is -4.20. The summed E-state index contributed by atoms with van der Waals surface area (Å²) in [5.41, 5.74) is 11.5. The highest BCUT2D eigenvalue weighted by Crippen LogP contribution is 2.45. The first-order chi connectivity index (χ1) is 31.3. The maximum atomic E-state index is 13.9. The average Bonchev–Trinajstić information content (AvgIpc) is 3.98. The number of primary amides is 1. The molecule has 0 aliphatic carbocycles. The number of aliphatic hydroxyl groups excluding tert-OH is 1. The molecule has 2 heterocycles. The van der Waals surface area contributed by atoms with Crippen LogP contribution >= 0.6 is 20.5 Å². The van der Waals surface area contributed by atoms with Crippen molar-refractivity contribution in [3.05, 3.63) is 18.2 Å². The Labute approximate surface area is 390 Å². The van der Waals surface area contributed by atoms with E-state index in [0.717, 1.165) is 19.3 Å². The Morgan fingerprint density at radius 2 is 1.59 bits per heavy atom. The van der Waals surface area contributed by atoms with Crippen molar-refractivity contribution in [3.63, 3.8) is 0 Å². The molecule has 0 spiro atoms. The molecule has 7 amide bonds. The van der Waals surface area contributed by atoms with Gasteiger partial charge in [0.1, 0.15) is 30.2 Å². The number of aromatic nitrogens is 2. The summed E-state index contributed by atoms with van der Waals surface area (Å²) in [5.74, 6) is -5.09. The standard InChI is InChI=1S/C40H71N10O14PS/c1-5-6-7-8-14-63-65(59,60)64-26(4)34(35(42)53)49-39(57)31(22-51)48-38(56)30(20-27-21-43-24-45-27)46-37(55)29(19-25(2)3)47-40(58)32-10-9-13-50(32)33(52)11-15-61-17-18-62-16-12-44-36(54)28(41)23-66/h21,24-26,28-32,34,51,66H,5-20,22-23,41H2,1-4H3,(H2,42,53)(H,43,45)(H,44,54)(H,46,55)(H,47,58)(H,48,56)(H,49,57)(H,59,60)/t26-,28+,29+,30+,31+,32+,34+/m1/s1. The Balaban J connectivity index is 2.06. The Morgan fingerprint density at radius 3 is 2.21 bits per heavy atom. The quantitative estimate of drug-likeness (QED) is 0.0208. The second-order valence-electron chi connectivity index (χ2n) is 16.1. The molecule has 66 heavy (non-hydrogen) atoms. The minimum Gasteiger partial charge on any atom is -0.394 e. The molecule has 0 bridgehead atoms. The largest absolute Gasteiger partial charge is 0.472 e. The normalized spacial score (nSPS) is 17.4. The molecule has 26 heteroatoms. The molecule has 0 saturated carbocycles. The van der Waals surface area contributed by atoms with Crippen LogP contribution < -0.4 is 38.1 Å². The predicted octanol–water partition coefficient (Wildman–Crippen LogP) is -1.69. The number of amides is 7. The number of unbranched alkanes of at least 4 members (excludes halogenated alkanes) is 3. The number of rotatable bonds is 34. The first kappa shape index (κ1) is 57.9. The van der Waals surface area contributed by atoms with Crippen LogP contribution in [0, 0.1) is 5.92 Å². The van der Waals surface area contributed by atoms with Gasteiger partial charge in [0, 0.05) is 37.2 Å². The van der Waals surface area contributed by atoms with Crippen molar-refractivity contribution in [2.24, 2.45) is 17.4 Å². The summed E-state index contributed by atoms with van der Waals surface area (Å²) in [6.45, 7) is 7.07. The molecule has 376 valence electrons. The van der Waals surface area contributed by atoms with Gasteiger partial charge in [-0.15, -0.1) is 0 Å². The Morgan fingerprint density at radius 1 is 0.924 bits per heavy atom. The number of nitrogens with zero attached hydrogens (tertiary/aromatic N) is 2. The zero-order chi connectivity index (χ0) is 49.2. The summed E-state index contributed by atoms with van der Waals surface area (Å²) < 4.78 is 33.5. The lowest BCUT2D eigenvalue weighted by atomic mass is 10.0. The number of imidazole rings is 1. The fraction of sp³-hybridized carbons (Fsp3) is 0.750. The number of phosphoric ester groups is 1. The Bertz CT molecular complexity index is 1730. The highest BCUT2D eigenvalue weighted by atomic mass is 32.1. The van der Waals surface area contributed by atoms with Crippen molar-refractivity contribution in [1.29, 1.82) is 0 Å². The van der Waals surface area contributed by atoms with Crippen LogP contribution in [-0.2, 0) is 63.1 Å². The number of hydrogen-bond donors (Lipinski definition) is 11. The molecule has 0 aromatic carbocycles. The smallest absolute Gasteiger partial charge is 0.394 e. The van der Waals surface area contributed by atoms with Gasteiger partial charge in [-0.05, 0) is 38.5 Å². The minimum absolute atomic E-state index is 0.0104. The molecular formula is C40H71N10O14PS. The molecule has 1 aromatic heterocycles. The maximum Gasteiger partial charge on any atom is 0.472 e. The highest BCUT2D eigenvalue weighted by molar-refractivity contribution is 7.80. The van der Waals surface area contributed by atoms with Gasteiger partial charge >= 0.3 is 7.82 Å². The predicted molar refractivity (Wildman–Crippen MR) is 242 cm³/mol. The van der Waals surface area contributed by atoms with Crippen LogP contribution in [0.3, 0.4) is 0 Å². The van der Waals surface area contributed by atoms with Crippen LogP contribution in [0.1, 0.15) is 84.8 Å². The van der Waals surface area contributed by atoms with Crippen molar-refractivity contribution >= 4 is 61.8 Å². The summed E-state index contributed by atoms with van der Waals surface area (Å²) in [6.07, 6.45) is 5.17.